The maximum atomic E-state index is 12.7. The number of carbonyl (C=O) groups is 1. The highest BCUT2D eigenvalue weighted by Crippen LogP contribution is 2.29. The Morgan fingerprint density at radius 3 is 2.76 bits per heavy atom. The molecule has 3 nitrogen and oxygen atoms in total. The lowest BCUT2D eigenvalue weighted by atomic mass is 10.1. The van der Waals surface area contributed by atoms with Gasteiger partial charge in [0.1, 0.15) is 5.69 Å². The molecule has 1 heterocycles. The molecule has 1 fully saturated rings. The van der Waals surface area contributed by atoms with E-state index in [2.05, 4.69) is 16.8 Å². The van der Waals surface area contributed by atoms with E-state index in [1.807, 2.05) is 25.1 Å². The van der Waals surface area contributed by atoms with Gasteiger partial charge in [0.15, 0.2) is 0 Å². The van der Waals surface area contributed by atoms with Crippen molar-refractivity contribution in [1.29, 1.82) is 0 Å². The van der Waals surface area contributed by atoms with Gasteiger partial charge in [-0.05, 0) is 50.5 Å². The number of rotatable bonds is 3. The summed E-state index contributed by atoms with van der Waals surface area (Å²) in [6.45, 7) is 4.85. The van der Waals surface area contributed by atoms with Crippen molar-refractivity contribution >= 4 is 28.4 Å². The van der Waals surface area contributed by atoms with Gasteiger partial charge in [-0.2, -0.15) is 0 Å². The van der Waals surface area contributed by atoms with Crippen LogP contribution in [0.5, 0.6) is 0 Å². The van der Waals surface area contributed by atoms with Crippen LogP contribution in [0.15, 0.2) is 18.2 Å². The molecule has 0 bridgehead atoms. The van der Waals surface area contributed by atoms with Crippen LogP contribution in [-0.4, -0.2) is 16.5 Å². The number of nitrogens with zero attached hydrogens (tertiary/aromatic N) is 1. The van der Waals surface area contributed by atoms with Gasteiger partial charge >= 0.3 is 0 Å². The van der Waals surface area contributed by atoms with Crippen LogP contribution in [0.4, 0.5) is 0 Å². The standard InChI is InChI=1S/C17H21ClN2O/c1-3-20-15-9-8-12(18)10-14(15)11(2)16(20)17(21)19-13-6-4-5-7-13/h8-10,13H,3-7H2,1-2H3,(H,19,21). The molecule has 1 N–H and O–H groups in total. The van der Waals surface area contributed by atoms with Gasteiger partial charge in [-0.1, -0.05) is 24.4 Å². The summed E-state index contributed by atoms with van der Waals surface area (Å²) in [6.07, 6.45) is 4.64. The molecule has 0 unspecified atom stereocenters. The quantitative estimate of drug-likeness (QED) is 0.901. The first-order chi connectivity index (χ1) is 10.1. The lowest BCUT2D eigenvalue weighted by Crippen LogP contribution is -2.34. The first kappa shape index (κ1) is 14.5. The highest BCUT2D eigenvalue weighted by molar-refractivity contribution is 6.31. The Hall–Kier alpha value is -1.48. The molecule has 4 heteroatoms. The predicted octanol–water partition coefficient (Wildman–Crippen LogP) is 4.30. The molecule has 1 aliphatic carbocycles. The second kappa shape index (κ2) is 5.72. The molecular weight excluding hydrogens is 284 g/mol. The van der Waals surface area contributed by atoms with Crippen molar-refractivity contribution in [1.82, 2.24) is 9.88 Å². The topological polar surface area (TPSA) is 34.0 Å². The van der Waals surface area contributed by atoms with Crippen LogP contribution in [0, 0.1) is 6.92 Å². The molecule has 0 spiro atoms. The Morgan fingerprint density at radius 2 is 2.10 bits per heavy atom. The van der Waals surface area contributed by atoms with Crippen LogP contribution >= 0.6 is 11.6 Å². The molecule has 1 saturated carbocycles. The maximum Gasteiger partial charge on any atom is 0.268 e. The highest BCUT2D eigenvalue weighted by atomic mass is 35.5. The molecular formula is C17H21ClN2O. The van der Waals surface area contributed by atoms with Crippen molar-refractivity contribution in [3.63, 3.8) is 0 Å². The molecule has 21 heavy (non-hydrogen) atoms. The molecule has 0 radical (unpaired) electrons. The van der Waals surface area contributed by atoms with Gasteiger partial charge in [0.05, 0.1) is 0 Å². The van der Waals surface area contributed by atoms with Crippen molar-refractivity contribution in [3.8, 4) is 0 Å². The van der Waals surface area contributed by atoms with Crippen molar-refractivity contribution < 1.29 is 4.79 Å². The van der Waals surface area contributed by atoms with Crippen LogP contribution < -0.4 is 5.32 Å². The van der Waals surface area contributed by atoms with Gasteiger partial charge in [0.2, 0.25) is 0 Å². The van der Waals surface area contributed by atoms with Crippen LogP contribution in [0.2, 0.25) is 5.02 Å². The van der Waals surface area contributed by atoms with E-state index in [4.69, 9.17) is 11.6 Å². The normalized spacial score (nSPS) is 15.8. The van der Waals surface area contributed by atoms with Crippen LogP contribution in [0.3, 0.4) is 0 Å². The molecule has 0 aliphatic heterocycles. The third kappa shape index (κ3) is 2.55. The number of carbonyl (C=O) groups excluding carboxylic acids is 1. The highest BCUT2D eigenvalue weighted by Gasteiger charge is 2.23. The fourth-order valence-electron chi connectivity index (χ4n) is 3.44. The molecule has 0 saturated heterocycles. The van der Waals surface area contributed by atoms with Crippen LogP contribution in [0.1, 0.15) is 48.7 Å². The van der Waals surface area contributed by atoms with Gasteiger partial charge in [-0.15, -0.1) is 0 Å². The summed E-state index contributed by atoms with van der Waals surface area (Å²) >= 11 is 6.10. The third-order valence-electron chi connectivity index (χ3n) is 4.50. The molecule has 1 aromatic heterocycles. The zero-order valence-corrected chi connectivity index (χ0v) is 13.3. The summed E-state index contributed by atoms with van der Waals surface area (Å²) in [5.41, 5.74) is 2.88. The van der Waals surface area contributed by atoms with Gasteiger partial charge in [0, 0.05) is 28.5 Å². The van der Waals surface area contributed by atoms with E-state index < -0.39 is 0 Å². The van der Waals surface area contributed by atoms with E-state index >= 15 is 0 Å². The smallest absolute Gasteiger partial charge is 0.268 e. The first-order valence-corrected chi connectivity index (χ1v) is 8.08. The number of halogens is 1. The number of nitrogens with one attached hydrogen (secondary N) is 1. The fourth-order valence-corrected chi connectivity index (χ4v) is 3.61. The van der Waals surface area contributed by atoms with Crippen LogP contribution in [0.25, 0.3) is 10.9 Å². The maximum absolute atomic E-state index is 12.7. The van der Waals surface area contributed by atoms with Gasteiger partial charge < -0.3 is 9.88 Å². The minimum absolute atomic E-state index is 0.0496. The predicted molar refractivity (Wildman–Crippen MR) is 87.1 cm³/mol. The summed E-state index contributed by atoms with van der Waals surface area (Å²) in [5, 5.41) is 4.97. The van der Waals surface area contributed by atoms with Crippen LogP contribution in [-0.2, 0) is 6.54 Å². The van der Waals surface area contributed by atoms with Crippen molar-refractivity contribution in [2.24, 2.45) is 0 Å². The van der Waals surface area contributed by atoms with E-state index in [0.717, 1.165) is 41.5 Å². The van der Waals surface area contributed by atoms with E-state index in [1.54, 1.807) is 0 Å². The van der Waals surface area contributed by atoms with E-state index in [0.29, 0.717) is 11.1 Å². The number of amides is 1. The minimum Gasteiger partial charge on any atom is -0.348 e. The summed E-state index contributed by atoms with van der Waals surface area (Å²) < 4.78 is 2.09. The Balaban J connectivity index is 2.03. The molecule has 0 atom stereocenters. The number of hydrogen-bond acceptors (Lipinski definition) is 1. The summed E-state index contributed by atoms with van der Waals surface area (Å²) in [6, 6.07) is 6.17. The Kier molecular flexibility index (Phi) is 3.94. The second-order valence-corrected chi connectivity index (χ2v) is 6.27. The number of aryl methyl sites for hydroxylation is 2. The van der Waals surface area contributed by atoms with E-state index in [9.17, 15) is 4.79 Å². The van der Waals surface area contributed by atoms with Crippen molar-refractivity contribution in [2.75, 3.05) is 0 Å². The Morgan fingerprint density at radius 1 is 1.38 bits per heavy atom. The third-order valence-corrected chi connectivity index (χ3v) is 4.74. The minimum atomic E-state index is 0.0496. The summed E-state index contributed by atoms with van der Waals surface area (Å²) in [4.78, 5) is 12.7. The average Bonchev–Trinajstić information content (AvgIpc) is 3.05. The number of aromatic nitrogens is 1. The largest absolute Gasteiger partial charge is 0.348 e. The number of benzene rings is 1. The fraction of sp³-hybridized carbons (Fsp3) is 0.471. The summed E-state index contributed by atoms with van der Waals surface area (Å²) in [7, 11) is 0. The second-order valence-electron chi connectivity index (χ2n) is 5.83. The van der Waals surface area contributed by atoms with Crippen molar-refractivity contribution in [3.05, 3.63) is 34.5 Å². The lowest BCUT2D eigenvalue weighted by molar-refractivity contribution is 0.0928. The molecule has 3 rings (SSSR count). The Bertz CT molecular complexity index is 684. The van der Waals surface area contributed by atoms with Gasteiger partial charge in [-0.25, -0.2) is 0 Å². The zero-order chi connectivity index (χ0) is 15.0. The number of hydrogen-bond donors (Lipinski definition) is 1. The lowest BCUT2D eigenvalue weighted by Gasteiger charge is -2.14. The summed E-state index contributed by atoms with van der Waals surface area (Å²) in [5.74, 6) is 0.0496. The molecule has 1 aliphatic rings. The molecule has 1 amide bonds. The monoisotopic (exact) mass is 304 g/mol. The van der Waals surface area contributed by atoms with E-state index in [1.165, 1.54) is 12.8 Å². The van der Waals surface area contributed by atoms with Gasteiger partial charge in [0.25, 0.3) is 5.91 Å². The molecule has 2 aromatic rings. The zero-order valence-electron chi connectivity index (χ0n) is 12.6. The molecule has 112 valence electrons. The first-order valence-electron chi connectivity index (χ1n) is 7.71. The molecule has 1 aromatic carbocycles. The Labute approximate surface area is 130 Å². The van der Waals surface area contributed by atoms with Gasteiger partial charge in [-0.3, -0.25) is 4.79 Å². The number of fused-ring (bicyclic) bond motifs is 1. The van der Waals surface area contributed by atoms with E-state index in [-0.39, 0.29) is 5.91 Å². The SMILES string of the molecule is CCn1c(C(=O)NC2CCCC2)c(C)c2cc(Cl)ccc21. The average molecular weight is 305 g/mol. The van der Waals surface area contributed by atoms with Crippen molar-refractivity contribution in [2.45, 2.75) is 52.1 Å².